The van der Waals surface area contributed by atoms with Gasteiger partial charge in [-0.2, -0.15) is 0 Å². The number of benzene rings is 1. The molecular weight excluding hydrogens is 264 g/mol. The molecule has 94 valence electrons. The molecule has 1 aliphatic carbocycles. The molecule has 0 bridgehead atoms. The fourth-order valence-corrected chi connectivity index (χ4v) is 4.04. The number of aliphatic hydroxyl groups excluding tert-OH is 1. The second-order valence-corrected chi connectivity index (χ2v) is 6.13. The van der Waals surface area contributed by atoms with E-state index >= 15 is 0 Å². The lowest BCUT2D eigenvalue weighted by atomic mass is 9.79. The van der Waals surface area contributed by atoms with Gasteiger partial charge in [0.05, 0.1) is 16.0 Å². The van der Waals surface area contributed by atoms with E-state index in [1.807, 2.05) is 11.4 Å². The van der Waals surface area contributed by atoms with Crippen LogP contribution in [0.1, 0.15) is 40.9 Å². The average molecular weight is 279 g/mol. The van der Waals surface area contributed by atoms with E-state index in [-0.39, 0.29) is 5.92 Å². The third-order valence-corrected chi connectivity index (χ3v) is 5.14. The van der Waals surface area contributed by atoms with Crippen molar-refractivity contribution < 1.29 is 5.11 Å². The molecule has 3 rings (SSSR count). The van der Waals surface area contributed by atoms with Crippen LogP contribution in [0.5, 0.6) is 0 Å². The number of hydrogen-bond acceptors (Lipinski definition) is 2. The number of aryl methyl sites for hydroxylation is 1. The molecule has 1 nitrogen and oxygen atoms in total. The maximum Gasteiger partial charge on any atom is 0.0965 e. The summed E-state index contributed by atoms with van der Waals surface area (Å²) in [6.45, 7) is 0. The zero-order chi connectivity index (χ0) is 12.5. The van der Waals surface area contributed by atoms with Crippen LogP contribution in [-0.2, 0) is 6.42 Å². The third kappa shape index (κ3) is 2.09. The first-order chi connectivity index (χ1) is 8.77. The van der Waals surface area contributed by atoms with Crippen molar-refractivity contribution in [3.05, 3.63) is 56.7 Å². The zero-order valence-electron chi connectivity index (χ0n) is 9.97. The first-order valence-electron chi connectivity index (χ1n) is 6.26. The summed E-state index contributed by atoms with van der Waals surface area (Å²) in [6.07, 6.45) is 2.82. The molecule has 18 heavy (non-hydrogen) atoms. The highest BCUT2D eigenvalue weighted by atomic mass is 35.5. The Kier molecular flexibility index (Phi) is 3.42. The minimum absolute atomic E-state index is 0.186. The Bertz CT molecular complexity index is 549. The summed E-state index contributed by atoms with van der Waals surface area (Å²) in [5.41, 5.74) is 2.67. The van der Waals surface area contributed by atoms with Gasteiger partial charge in [0.1, 0.15) is 0 Å². The fraction of sp³-hybridized carbons (Fsp3) is 0.333. The first-order valence-corrected chi connectivity index (χ1v) is 7.52. The van der Waals surface area contributed by atoms with E-state index in [0.717, 1.165) is 24.1 Å². The molecule has 1 aliphatic rings. The normalized spacial score (nSPS) is 20.4. The van der Waals surface area contributed by atoms with Crippen molar-refractivity contribution >= 4 is 22.9 Å². The highest BCUT2D eigenvalue weighted by Gasteiger charge is 2.29. The number of thiophene rings is 1. The Morgan fingerprint density at radius 3 is 2.89 bits per heavy atom. The van der Waals surface area contributed by atoms with Gasteiger partial charge in [-0.15, -0.1) is 11.3 Å². The summed E-state index contributed by atoms with van der Waals surface area (Å²) in [6, 6.07) is 10.3. The third-order valence-electron chi connectivity index (χ3n) is 3.71. The average Bonchev–Trinajstić information content (AvgIpc) is 2.83. The quantitative estimate of drug-likeness (QED) is 0.854. The van der Waals surface area contributed by atoms with Crippen molar-refractivity contribution in [2.24, 2.45) is 0 Å². The molecule has 0 radical (unpaired) electrons. The van der Waals surface area contributed by atoms with Gasteiger partial charge in [0, 0.05) is 5.92 Å². The maximum atomic E-state index is 10.6. The highest BCUT2D eigenvalue weighted by molar-refractivity contribution is 7.10. The van der Waals surface area contributed by atoms with E-state index < -0.39 is 6.10 Å². The van der Waals surface area contributed by atoms with Crippen molar-refractivity contribution in [1.29, 1.82) is 0 Å². The second kappa shape index (κ2) is 5.04. The molecular formula is C15H15ClOS. The Morgan fingerprint density at radius 2 is 2.11 bits per heavy atom. The predicted molar refractivity (Wildman–Crippen MR) is 76.4 cm³/mol. The Labute approximate surface area is 116 Å². The summed E-state index contributed by atoms with van der Waals surface area (Å²) in [5, 5.41) is 13.2. The van der Waals surface area contributed by atoms with Crippen molar-refractivity contribution in [3.8, 4) is 0 Å². The van der Waals surface area contributed by atoms with Crippen LogP contribution in [0.25, 0.3) is 0 Å². The van der Waals surface area contributed by atoms with Crippen LogP contribution in [0.15, 0.2) is 35.7 Å². The molecule has 0 spiro atoms. The van der Waals surface area contributed by atoms with E-state index in [0.29, 0.717) is 5.02 Å². The van der Waals surface area contributed by atoms with Crippen LogP contribution in [0.2, 0.25) is 5.02 Å². The lowest BCUT2D eigenvalue weighted by Gasteiger charge is -2.29. The van der Waals surface area contributed by atoms with Crippen molar-refractivity contribution in [2.45, 2.75) is 31.3 Å². The van der Waals surface area contributed by atoms with Gasteiger partial charge in [-0.25, -0.2) is 0 Å². The monoisotopic (exact) mass is 278 g/mol. The molecule has 0 saturated carbocycles. The molecule has 2 aromatic rings. The van der Waals surface area contributed by atoms with Gasteiger partial charge in [-0.1, -0.05) is 35.9 Å². The van der Waals surface area contributed by atoms with Gasteiger partial charge < -0.3 is 5.11 Å². The number of hydrogen-bond donors (Lipinski definition) is 1. The fourth-order valence-electron chi connectivity index (χ4n) is 2.82. The lowest BCUT2D eigenvalue weighted by molar-refractivity contribution is 0.139. The predicted octanol–water partition coefficient (Wildman–Crippen LogP) is 4.56. The molecule has 2 atom stereocenters. The lowest BCUT2D eigenvalue weighted by Crippen LogP contribution is -2.16. The van der Waals surface area contributed by atoms with Gasteiger partial charge in [0.15, 0.2) is 0 Å². The molecule has 1 N–H and O–H groups in total. The van der Waals surface area contributed by atoms with Gasteiger partial charge in [0.25, 0.3) is 0 Å². The molecule has 2 unspecified atom stereocenters. The molecule has 1 heterocycles. The molecule has 1 aromatic carbocycles. The van der Waals surface area contributed by atoms with E-state index in [1.54, 1.807) is 11.3 Å². The summed E-state index contributed by atoms with van der Waals surface area (Å²) in [7, 11) is 0. The van der Waals surface area contributed by atoms with E-state index in [1.165, 1.54) is 11.1 Å². The van der Waals surface area contributed by atoms with Gasteiger partial charge in [-0.05, 0) is 41.8 Å². The number of fused-ring (bicyclic) bond motifs is 1. The van der Waals surface area contributed by atoms with E-state index in [4.69, 9.17) is 11.6 Å². The summed E-state index contributed by atoms with van der Waals surface area (Å²) >= 11 is 7.68. The van der Waals surface area contributed by atoms with E-state index in [2.05, 4.69) is 24.3 Å². The summed E-state index contributed by atoms with van der Waals surface area (Å²) in [5.74, 6) is 0.186. The van der Waals surface area contributed by atoms with Crippen molar-refractivity contribution in [2.75, 3.05) is 0 Å². The topological polar surface area (TPSA) is 20.2 Å². The maximum absolute atomic E-state index is 10.6. The molecule has 3 heteroatoms. The molecule has 0 aliphatic heterocycles. The molecule has 0 amide bonds. The smallest absolute Gasteiger partial charge is 0.0965 e. The summed E-state index contributed by atoms with van der Waals surface area (Å²) < 4.78 is 0. The van der Waals surface area contributed by atoms with Crippen LogP contribution in [0.4, 0.5) is 0 Å². The van der Waals surface area contributed by atoms with Gasteiger partial charge >= 0.3 is 0 Å². The van der Waals surface area contributed by atoms with Crippen LogP contribution in [0, 0.1) is 0 Å². The first kappa shape index (κ1) is 12.2. The van der Waals surface area contributed by atoms with Crippen LogP contribution >= 0.6 is 22.9 Å². The van der Waals surface area contributed by atoms with Crippen molar-refractivity contribution in [1.82, 2.24) is 0 Å². The standard InChI is InChI=1S/C15H15ClOS/c16-13-8-9-18-15(13)14(17)12-7-3-5-10-4-1-2-6-11(10)12/h1-2,4,6,8-9,12,14,17H,3,5,7H2. The van der Waals surface area contributed by atoms with E-state index in [9.17, 15) is 5.11 Å². The SMILES string of the molecule is OC(c1sccc1Cl)C1CCCc2ccccc21. The number of aliphatic hydroxyl groups is 1. The number of rotatable bonds is 2. The van der Waals surface area contributed by atoms with Crippen LogP contribution in [-0.4, -0.2) is 5.11 Å². The Morgan fingerprint density at radius 1 is 1.28 bits per heavy atom. The van der Waals surface area contributed by atoms with Crippen molar-refractivity contribution in [3.63, 3.8) is 0 Å². The highest BCUT2D eigenvalue weighted by Crippen LogP contribution is 2.43. The largest absolute Gasteiger partial charge is 0.387 e. The zero-order valence-corrected chi connectivity index (χ0v) is 11.5. The van der Waals surface area contributed by atoms with Gasteiger partial charge in [0.2, 0.25) is 0 Å². The Balaban J connectivity index is 1.97. The molecule has 0 saturated heterocycles. The molecule has 1 aromatic heterocycles. The minimum Gasteiger partial charge on any atom is -0.387 e. The van der Waals surface area contributed by atoms with Gasteiger partial charge in [-0.3, -0.25) is 0 Å². The number of halogens is 1. The minimum atomic E-state index is -0.473. The second-order valence-electron chi connectivity index (χ2n) is 4.78. The van der Waals surface area contributed by atoms with Crippen LogP contribution in [0.3, 0.4) is 0 Å². The Hall–Kier alpha value is -0.830. The van der Waals surface area contributed by atoms with Crippen LogP contribution < -0.4 is 0 Å². The molecule has 0 fully saturated rings. The summed E-state index contributed by atoms with van der Waals surface area (Å²) in [4.78, 5) is 0.901.